The largest absolute Gasteiger partial charge is 0.454 e. The van der Waals surface area contributed by atoms with E-state index in [4.69, 9.17) is 32.7 Å². The van der Waals surface area contributed by atoms with Gasteiger partial charge in [-0.2, -0.15) is 0 Å². The molecule has 1 aliphatic heterocycles. The Bertz CT molecular complexity index is 951. The molecule has 2 aromatic rings. The number of ether oxygens (including phenoxy) is 2. The number of amides is 2. The number of aryl methyl sites for hydroxylation is 1. The topological polar surface area (TPSA) is 67.9 Å². The first-order valence-electron chi connectivity index (χ1n) is 10.3. The van der Waals surface area contributed by atoms with Gasteiger partial charge >= 0.3 is 0 Å². The Kier molecular flexibility index (Phi) is 8.04. The molecule has 1 N–H and O–H groups in total. The zero-order chi connectivity index (χ0) is 22.4. The van der Waals surface area contributed by atoms with Crippen LogP contribution in [0.25, 0.3) is 0 Å². The highest BCUT2D eigenvalue weighted by atomic mass is 35.5. The average Bonchev–Trinajstić information content (AvgIpc) is 3.22. The predicted molar refractivity (Wildman–Crippen MR) is 121 cm³/mol. The Morgan fingerprint density at radius 1 is 1.13 bits per heavy atom. The van der Waals surface area contributed by atoms with Gasteiger partial charge in [-0.1, -0.05) is 42.3 Å². The number of hydrogen-bond acceptors (Lipinski definition) is 4. The maximum absolute atomic E-state index is 13.2. The van der Waals surface area contributed by atoms with Crippen molar-refractivity contribution in [2.45, 2.75) is 45.7 Å². The normalized spacial score (nSPS) is 13.0. The summed E-state index contributed by atoms with van der Waals surface area (Å²) in [6, 6.07) is 10.1. The third-order valence-electron chi connectivity index (χ3n) is 5.14. The zero-order valence-corrected chi connectivity index (χ0v) is 19.1. The van der Waals surface area contributed by atoms with E-state index in [0.717, 1.165) is 17.5 Å². The fourth-order valence-electron chi connectivity index (χ4n) is 3.30. The number of benzene rings is 2. The molecule has 0 saturated heterocycles. The van der Waals surface area contributed by atoms with Crippen molar-refractivity contribution in [1.29, 1.82) is 0 Å². The molecule has 6 nitrogen and oxygen atoms in total. The van der Waals surface area contributed by atoms with Crippen molar-refractivity contribution < 1.29 is 19.1 Å². The predicted octanol–water partition coefficient (Wildman–Crippen LogP) is 4.60. The van der Waals surface area contributed by atoms with E-state index in [9.17, 15) is 9.59 Å². The molecular weight excluding hydrogens is 439 g/mol. The van der Waals surface area contributed by atoms with Crippen LogP contribution in [0.2, 0.25) is 10.0 Å². The summed E-state index contributed by atoms with van der Waals surface area (Å²) in [4.78, 5) is 27.3. The fraction of sp³-hybridized carbons (Fsp3) is 0.391. The summed E-state index contributed by atoms with van der Waals surface area (Å²) in [6.45, 7) is 4.69. The molecule has 166 valence electrons. The number of carbonyl (C=O) groups is 2. The van der Waals surface area contributed by atoms with Gasteiger partial charge in [0.15, 0.2) is 11.5 Å². The lowest BCUT2D eigenvalue weighted by atomic mass is 10.1. The first-order valence-corrected chi connectivity index (χ1v) is 11.0. The van der Waals surface area contributed by atoms with Gasteiger partial charge in [-0.25, -0.2) is 0 Å². The van der Waals surface area contributed by atoms with Crippen LogP contribution in [0.15, 0.2) is 36.4 Å². The standard InChI is InChI=1S/C23H26Cl2N2O4/c1-3-10-26-23(29)15(2)27(13-17-6-7-18(24)12-19(17)25)22(28)9-5-16-4-8-20-21(11-16)31-14-30-20/h4,6-8,11-12,15H,3,5,9-10,13-14H2,1-2H3,(H,26,29). The van der Waals surface area contributed by atoms with Crippen molar-refractivity contribution in [3.8, 4) is 11.5 Å². The third-order valence-corrected chi connectivity index (χ3v) is 5.72. The second-order valence-corrected chi connectivity index (χ2v) is 8.26. The van der Waals surface area contributed by atoms with Gasteiger partial charge in [0.05, 0.1) is 0 Å². The van der Waals surface area contributed by atoms with Crippen LogP contribution < -0.4 is 14.8 Å². The molecule has 0 bridgehead atoms. The Hall–Kier alpha value is -2.44. The van der Waals surface area contributed by atoms with Crippen LogP contribution in [0.3, 0.4) is 0 Å². The maximum Gasteiger partial charge on any atom is 0.242 e. The molecule has 2 aromatic carbocycles. The molecule has 0 saturated carbocycles. The number of fused-ring (bicyclic) bond motifs is 1. The van der Waals surface area contributed by atoms with Crippen LogP contribution in [0.1, 0.15) is 37.8 Å². The minimum absolute atomic E-state index is 0.136. The van der Waals surface area contributed by atoms with E-state index in [1.165, 1.54) is 0 Å². The van der Waals surface area contributed by atoms with E-state index in [1.54, 1.807) is 30.0 Å². The number of halogens is 2. The highest BCUT2D eigenvalue weighted by Crippen LogP contribution is 2.33. The zero-order valence-electron chi connectivity index (χ0n) is 17.6. The van der Waals surface area contributed by atoms with E-state index < -0.39 is 6.04 Å². The molecule has 2 amide bonds. The molecule has 8 heteroatoms. The molecule has 0 aromatic heterocycles. The molecule has 3 rings (SSSR count). The van der Waals surface area contributed by atoms with Crippen LogP contribution in [-0.2, 0) is 22.6 Å². The molecule has 0 aliphatic carbocycles. The fourth-order valence-corrected chi connectivity index (χ4v) is 3.77. The lowest BCUT2D eigenvalue weighted by Gasteiger charge is -2.29. The molecule has 0 radical (unpaired) electrons. The van der Waals surface area contributed by atoms with E-state index in [2.05, 4.69) is 5.32 Å². The summed E-state index contributed by atoms with van der Waals surface area (Å²) >= 11 is 12.3. The van der Waals surface area contributed by atoms with Gasteiger partial charge in [-0.15, -0.1) is 0 Å². The van der Waals surface area contributed by atoms with Gasteiger partial charge in [0.1, 0.15) is 6.04 Å². The molecule has 0 spiro atoms. The van der Waals surface area contributed by atoms with E-state index in [0.29, 0.717) is 34.5 Å². The van der Waals surface area contributed by atoms with Gasteiger partial charge in [0, 0.05) is 29.6 Å². The quantitative estimate of drug-likeness (QED) is 0.588. The number of nitrogens with one attached hydrogen (secondary N) is 1. The van der Waals surface area contributed by atoms with Gasteiger partial charge in [0.25, 0.3) is 0 Å². The summed E-state index contributed by atoms with van der Waals surface area (Å²) < 4.78 is 10.7. The molecule has 0 fully saturated rings. The summed E-state index contributed by atoms with van der Waals surface area (Å²) in [5.74, 6) is 1.06. The highest BCUT2D eigenvalue weighted by molar-refractivity contribution is 6.35. The first kappa shape index (κ1) is 23.2. The van der Waals surface area contributed by atoms with Crippen LogP contribution in [-0.4, -0.2) is 36.1 Å². The van der Waals surface area contributed by atoms with Crippen molar-refractivity contribution in [2.75, 3.05) is 13.3 Å². The average molecular weight is 465 g/mol. The summed E-state index contributed by atoms with van der Waals surface area (Å²) in [5.41, 5.74) is 1.70. The minimum Gasteiger partial charge on any atom is -0.454 e. The van der Waals surface area contributed by atoms with Gasteiger partial charge in [0.2, 0.25) is 18.6 Å². The number of nitrogens with zero attached hydrogens (tertiary/aromatic N) is 1. The van der Waals surface area contributed by atoms with Crippen molar-refractivity contribution >= 4 is 35.0 Å². The summed E-state index contributed by atoms with van der Waals surface area (Å²) in [6.07, 6.45) is 1.58. The summed E-state index contributed by atoms with van der Waals surface area (Å²) in [5, 5.41) is 3.84. The second kappa shape index (κ2) is 10.7. The van der Waals surface area contributed by atoms with Crippen molar-refractivity contribution in [3.05, 3.63) is 57.6 Å². The van der Waals surface area contributed by atoms with E-state index in [1.807, 2.05) is 25.1 Å². The molecule has 1 unspecified atom stereocenters. The number of hydrogen-bond donors (Lipinski definition) is 1. The molecule has 31 heavy (non-hydrogen) atoms. The lowest BCUT2D eigenvalue weighted by molar-refractivity contribution is -0.140. The van der Waals surface area contributed by atoms with Crippen LogP contribution in [0.4, 0.5) is 0 Å². The molecule has 1 aliphatic rings. The third kappa shape index (κ3) is 6.05. The smallest absolute Gasteiger partial charge is 0.242 e. The monoisotopic (exact) mass is 464 g/mol. The SMILES string of the molecule is CCCNC(=O)C(C)N(Cc1ccc(Cl)cc1Cl)C(=O)CCc1ccc2c(c1)OCO2. The Morgan fingerprint density at radius 2 is 1.90 bits per heavy atom. The van der Waals surface area contributed by atoms with Crippen molar-refractivity contribution in [3.63, 3.8) is 0 Å². The number of rotatable bonds is 9. The van der Waals surface area contributed by atoms with Crippen LogP contribution >= 0.6 is 23.2 Å². The van der Waals surface area contributed by atoms with Crippen LogP contribution in [0, 0.1) is 0 Å². The van der Waals surface area contributed by atoms with Crippen molar-refractivity contribution in [2.24, 2.45) is 0 Å². The second-order valence-electron chi connectivity index (χ2n) is 7.41. The van der Waals surface area contributed by atoms with Gasteiger partial charge in [-0.05, 0) is 55.2 Å². The lowest BCUT2D eigenvalue weighted by Crippen LogP contribution is -2.47. The Morgan fingerprint density at radius 3 is 2.65 bits per heavy atom. The van der Waals surface area contributed by atoms with Crippen LogP contribution in [0.5, 0.6) is 11.5 Å². The number of carbonyl (C=O) groups excluding carboxylic acids is 2. The van der Waals surface area contributed by atoms with E-state index >= 15 is 0 Å². The van der Waals surface area contributed by atoms with Gasteiger partial charge in [-0.3, -0.25) is 9.59 Å². The van der Waals surface area contributed by atoms with E-state index in [-0.39, 0.29) is 31.6 Å². The Labute approximate surface area is 192 Å². The molecule has 1 heterocycles. The minimum atomic E-state index is -0.637. The summed E-state index contributed by atoms with van der Waals surface area (Å²) in [7, 11) is 0. The maximum atomic E-state index is 13.2. The molecule has 1 atom stereocenters. The van der Waals surface area contributed by atoms with Gasteiger partial charge < -0.3 is 19.7 Å². The first-order chi connectivity index (χ1) is 14.9. The molecular formula is C23H26Cl2N2O4. The van der Waals surface area contributed by atoms with Crippen molar-refractivity contribution in [1.82, 2.24) is 10.2 Å². The Balaban J connectivity index is 1.73. The highest BCUT2D eigenvalue weighted by Gasteiger charge is 2.26.